The van der Waals surface area contributed by atoms with Crippen LogP contribution in [-0.2, 0) is 19.6 Å². The highest BCUT2D eigenvalue weighted by Gasteiger charge is 2.31. The van der Waals surface area contributed by atoms with Crippen molar-refractivity contribution in [1.29, 1.82) is 0 Å². The summed E-state index contributed by atoms with van der Waals surface area (Å²) < 4.78 is 32.0. The molecule has 156 valence electrons. The van der Waals surface area contributed by atoms with Crippen LogP contribution < -0.4 is 5.73 Å². The van der Waals surface area contributed by atoms with Gasteiger partial charge in [-0.25, -0.2) is 8.42 Å². The van der Waals surface area contributed by atoms with E-state index in [1.54, 1.807) is 4.90 Å². The number of nitrogens with zero attached hydrogens (tertiary/aromatic N) is 2. The number of hydrogen-bond donors (Lipinski definition) is 1. The minimum atomic E-state index is -3.60. The van der Waals surface area contributed by atoms with Gasteiger partial charge in [-0.05, 0) is 6.07 Å². The van der Waals surface area contributed by atoms with E-state index in [9.17, 15) is 18.0 Å². The number of carbonyl (C=O) groups excluding carboxylic acids is 2. The molecule has 0 unspecified atom stereocenters. The largest absolute Gasteiger partial charge is 0.461 e. The molecule has 1 aromatic heterocycles. The van der Waals surface area contributed by atoms with Crippen LogP contribution in [0.1, 0.15) is 16.8 Å². The van der Waals surface area contributed by atoms with Gasteiger partial charge in [0.05, 0.1) is 22.7 Å². The van der Waals surface area contributed by atoms with E-state index in [0.717, 1.165) is 10.1 Å². The van der Waals surface area contributed by atoms with Gasteiger partial charge in [0.1, 0.15) is 6.61 Å². The highest BCUT2D eigenvalue weighted by molar-refractivity contribution is 7.89. The van der Waals surface area contributed by atoms with Crippen molar-refractivity contribution in [2.24, 2.45) is 0 Å². The number of amides is 1. The van der Waals surface area contributed by atoms with E-state index >= 15 is 0 Å². The summed E-state index contributed by atoms with van der Waals surface area (Å²) in [7, 11) is -3.60. The van der Waals surface area contributed by atoms with Crippen LogP contribution in [0.5, 0.6) is 0 Å². The van der Waals surface area contributed by atoms with Gasteiger partial charge in [-0.2, -0.15) is 4.31 Å². The maximum absolute atomic E-state index is 13.0. The molecule has 2 N–H and O–H groups in total. The first-order chi connectivity index (χ1) is 13.8. The Hall–Kier alpha value is -2.43. The van der Waals surface area contributed by atoms with Crippen molar-refractivity contribution in [3.05, 3.63) is 42.5 Å². The molecule has 0 saturated carbocycles. The van der Waals surface area contributed by atoms with E-state index in [-0.39, 0.29) is 50.9 Å². The summed E-state index contributed by atoms with van der Waals surface area (Å²) in [4.78, 5) is 26.1. The predicted molar refractivity (Wildman–Crippen MR) is 113 cm³/mol. The highest BCUT2D eigenvalue weighted by Crippen LogP contribution is 2.34. The zero-order valence-corrected chi connectivity index (χ0v) is 17.5. The summed E-state index contributed by atoms with van der Waals surface area (Å²) in [5, 5.41) is 1.28. The Kier molecular flexibility index (Phi) is 6.56. The molecule has 0 radical (unpaired) electrons. The third kappa shape index (κ3) is 4.77. The lowest BCUT2D eigenvalue weighted by atomic mass is 10.1. The number of esters is 1. The van der Waals surface area contributed by atoms with Gasteiger partial charge in [-0.15, -0.1) is 11.3 Å². The second-order valence-corrected chi connectivity index (χ2v) is 9.74. The van der Waals surface area contributed by atoms with Crippen molar-refractivity contribution in [3.8, 4) is 0 Å². The van der Waals surface area contributed by atoms with Gasteiger partial charge in [0, 0.05) is 36.3 Å². The molecule has 1 aliphatic heterocycles. The average molecular weight is 438 g/mol. The molecule has 2 heterocycles. The molecule has 0 spiro atoms. The molecule has 0 aliphatic carbocycles. The van der Waals surface area contributed by atoms with Crippen molar-refractivity contribution in [2.75, 3.05) is 44.3 Å². The zero-order valence-electron chi connectivity index (χ0n) is 15.9. The number of sulfonamides is 1. The second-order valence-electron chi connectivity index (χ2n) is 6.57. The number of hydrogen-bond acceptors (Lipinski definition) is 7. The Morgan fingerprint density at radius 3 is 2.59 bits per heavy atom. The Bertz CT molecular complexity index is 1020. The molecule has 1 fully saturated rings. The number of rotatable bonds is 7. The summed E-state index contributed by atoms with van der Waals surface area (Å²) in [6.45, 7) is 4.38. The quantitative estimate of drug-likeness (QED) is 0.521. The topological polar surface area (TPSA) is 110 Å². The van der Waals surface area contributed by atoms with Crippen LogP contribution in [0.2, 0.25) is 0 Å². The molecule has 0 bridgehead atoms. The fourth-order valence-electron chi connectivity index (χ4n) is 3.18. The maximum Gasteiger partial charge on any atom is 0.307 e. The number of fused-ring (bicyclic) bond motifs is 1. The molecule has 10 heteroatoms. The molecular formula is C19H23N3O5S2. The standard InChI is InChI=1S/C19H23N3O5S2/c1-2-12-27-16(23)7-13-29(25,26)22-10-8-21(9-11-22)19(24)17-14-5-3-4-6-15(14)28-18(17)20/h2-6H,1,7-13,20H2. The minimum Gasteiger partial charge on any atom is -0.461 e. The molecule has 1 aromatic carbocycles. The first-order valence-corrected chi connectivity index (χ1v) is 11.6. The summed E-state index contributed by atoms with van der Waals surface area (Å²) in [5.41, 5.74) is 6.55. The van der Waals surface area contributed by atoms with Gasteiger partial charge in [-0.3, -0.25) is 9.59 Å². The van der Waals surface area contributed by atoms with Crippen LogP contribution in [-0.4, -0.2) is 68.0 Å². The number of benzene rings is 1. The number of piperazine rings is 1. The average Bonchev–Trinajstić information content (AvgIpc) is 3.06. The molecule has 8 nitrogen and oxygen atoms in total. The van der Waals surface area contributed by atoms with Crippen molar-refractivity contribution in [2.45, 2.75) is 6.42 Å². The first-order valence-electron chi connectivity index (χ1n) is 9.14. The fraction of sp³-hybridized carbons (Fsp3) is 0.368. The van der Waals surface area contributed by atoms with Crippen LogP contribution in [0.3, 0.4) is 0 Å². The van der Waals surface area contributed by atoms with E-state index in [0.29, 0.717) is 10.6 Å². The van der Waals surface area contributed by atoms with E-state index in [2.05, 4.69) is 6.58 Å². The minimum absolute atomic E-state index is 0.0556. The number of thiophene rings is 1. The lowest BCUT2D eigenvalue weighted by Crippen LogP contribution is -2.51. The van der Waals surface area contributed by atoms with Gasteiger partial charge in [0.15, 0.2) is 0 Å². The Morgan fingerprint density at radius 2 is 1.90 bits per heavy atom. The molecule has 29 heavy (non-hydrogen) atoms. The molecule has 1 saturated heterocycles. The van der Waals surface area contributed by atoms with E-state index in [4.69, 9.17) is 10.5 Å². The van der Waals surface area contributed by atoms with E-state index < -0.39 is 16.0 Å². The summed E-state index contributed by atoms with van der Waals surface area (Å²) >= 11 is 1.36. The molecule has 1 amide bonds. The lowest BCUT2D eigenvalue weighted by Gasteiger charge is -2.34. The number of ether oxygens (including phenoxy) is 1. The van der Waals surface area contributed by atoms with Gasteiger partial charge in [0.25, 0.3) is 5.91 Å². The van der Waals surface area contributed by atoms with Crippen molar-refractivity contribution < 1.29 is 22.7 Å². The van der Waals surface area contributed by atoms with Crippen LogP contribution in [0.15, 0.2) is 36.9 Å². The fourth-order valence-corrected chi connectivity index (χ4v) is 5.54. The molecule has 3 rings (SSSR count). The van der Waals surface area contributed by atoms with Crippen molar-refractivity contribution in [3.63, 3.8) is 0 Å². The van der Waals surface area contributed by atoms with Crippen LogP contribution >= 0.6 is 11.3 Å². The van der Waals surface area contributed by atoms with E-state index in [1.165, 1.54) is 21.7 Å². The highest BCUT2D eigenvalue weighted by atomic mass is 32.2. The van der Waals surface area contributed by atoms with Gasteiger partial charge in [-0.1, -0.05) is 30.9 Å². The molecule has 1 aliphatic rings. The molecular weight excluding hydrogens is 414 g/mol. The van der Waals surface area contributed by atoms with Gasteiger partial charge < -0.3 is 15.4 Å². The smallest absolute Gasteiger partial charge is 0.307 e. The summed E-state index contributed by atoms with van der Waals surface area (Å²) in [6.07, 6.45) is 1.21. The van der Waals surface area contributed by atoms with Crippen LogP contribution in [0.4, 0.5) is 5.00 Å². The first kappa shape index (κ1) is 21.3. The maximum atomic E-state index is 13.0. The lowest BCUT2D eigenvalue weighted by molar-refractivity contribution is -0.141. The second kappa shape index (κ2) is 8.93. The number of nitrogen functional groups attached to an aromatic ring is 1. The predicted octanol–water partition coefficient (Wildman–Crippen LogP) is 1.69. The van der Waals surface area contributed by atoms with Crippen molar-refractivity contribution in [1.82, 2.24) is 9.21 Å². The third-order valence-electron chi connectivity index (χ3n) is 4.68. The van der Waals surface area contributed by atoms with Gasteiger partial charge >= 0.3 is 5.97 Å². The Balaban J connectivity index is 1.61. The summed E-state index contributed by atoms with van der Waals surface area (Å²) in [6, 6.07) is 7.53. The van der Waals surface area contributed by atoms with Crippen LogP contribution in [0.25, 0.3) is 10.1 Å². The molecule has 2 aromatic rings. The van der Waals surface area contributed by atoms with E-state index in [1.807, 2.05) is 24.3 Å². The number of anilines is 1. The zero-order chi connectivity index (χ0) is 21.0. The number of carbonyl (C=O) groups is 2. The van der Waals surface area contributed by atoms with Crippen molar-refractivity contribution >= 4 is 48.3 Å². The Labute approximate surface area is 173 Å². The SMILES string of the molecule is C=CCOC(=O)CCS(=O)(=O)N1CCN(C(=O)c2c(N)sc3ccccc23)CC1. The van der Waals surface area contributed by atoms with Gasteiger partial charge in [0.2, 0.25) is 10.0 Å². The molecule has 0 atom stereocenters. The normalized spacial score (nSPS) is 15.4. The summed E-state index contributed by atoms with van der Waals surface area (Å²) in [5.74, 6) is -1.09. The number of nitrogens with two attached hydrogens (primary N) is 1. The Morgan fingerprint density at radius 1 is 1.21 bits per heavy atom. The monoisotopic (exact) mass is 437 g/mol. The third-order valence-corrected chi connectivity index (χ3v) is 7.55. The van der Waals surface area contributed by atoms with Crippen LogP contribution in [0, 0.1) is 0 Å².